The monoisotopic (exact) mass is 232 g/mol. The highest BCUT2D eigenvalue weighted by Crippen LogP contribution is 2.18. The fourth-order valence-corrected chi connectivity index (χ4v) is 1.60. The molecular weight excluding hydrogens is 212 g/mol. The van der Waals surface area contributed by atoms with Crippen LogP contribution in [0, 0.1) is 0 Å². The first-order valence-electron chi connectivity index (χ1n) is 5.59. The summed E-state index contributed by atoms with van der Waals surface area (Å²) in [6, 6.07) is 0. The van der Waals surface area contributed by atoms with Gasteiger partial charge in [-0.05, 0) is 12.8 Å². The van der Waals surface area contributed by atoms with E-state index in [1.54, 1.807) is 0 Å². The van der Waals surface area contributed by atoms with Crippen molar-refractivity contribution in [2.24, 2.45) is 5.73 Å². The summed E-state index contributed by atoms with van der Waals surface area (Å²) >= 11 is 0. The SMILES string of the molecule is NCC1CCC(C(=O)NCCOCCO)O1. The number of carbonyl (C=O) groups excluding carboxylic acids is 1. The number of ether oxygens (including phenoxy) is 2. The number of nitrogens with two attached hydrogens (primary N) is 1. The first-order chi connectivity index (χ1) is 7.77. The van der Waals surface area contributed by atoms with Gasteiger partial charge in [0.15, 0.2) is 0 Å². The fourth-order valence-electron chi connectivity index (χ4n) is 1.60. The quantitative estimate of drug-likeness (QED) is 0.470. The Hall–Kier alpha value is -0.690. The molecule has 1 amide bonds. The molecule has 0 aromatic carbocycles. The Bertz CT molecular complexity index is 213. The predicted octanol–water partition coefficient (Wildman–Crippen LogP) is -1.38. The molecule has 2 unspecified atom stereocenters. The van der Waals surface area contributed by atoms with Crippen LogP contribution in [0.3, 0.4) is 0 Å². The smallest absolute Gasteiger partial charge is 0.249 e. The van der Waals surface area contributed by atoms with Gasteiger partial charge in [-0.3, -0.25) is 4.79 Å². The van der Waals surface area contributed by atoms with Crippen molar-refractivity contribution in [3.8, 4) is 0 Å². The van der Waals surface area contributed by atoms with E-state index in [0.717, 1.165) is 12.8 Å². The van der Waals surface area contributed by atoms with E-state index in [0.29, 0.717) is 26.3 Å². The highest BCUT2D eigenvalue weighted by atomic mass is 16.5. The molecule has 0 aliphatic carbocycles. The number of rotatable bonds is 7. The standard InChI is InChI=1S/C10H20N2O4/c11-7-8-1-2-9(16-8)10(14)12-3-5-15-6-4-13/h8-9,13H,1-7,11H2,(H,12,14). The third kappa shape index (κ3) is 4.44. The molecule has 6 nitrogen and oxygen atoms in total. The first kappa shape index (κ1) is 13.4. The molecular formula is C10H20N2O4. The highest BCUT2D eigenvalue weighted by Gasteiger charge is 2.29. The van der Waals surface area contributed by atoms with Gasteiger partial charge in [0.2, 0.25) is 5.91 Å². The maximum Gasteiger partial charge on any atom is 0.249 e. The minimum Gasteiger partial charge on any atom is -0.394 e. The zero-order valence-electron chi connectivity index (χ0n) is 9.35. The van der Waals surface area contributed by atoms with Gasteiger partial charge in [0.25, 0.3) is 0 Å². The van der Waals surface area contributed by atoms with Gasteiger partial charge in [-0.2, -0.15) is 0 Å². The van der Waals surface area contributed by atoms with E-state index in [4.69, 9.17) is 20.3 Å². The van der Waals surface area contributed by atoms with Crippen LogP contribution in [0.15, 0.2) is 0 Å². The molecule has 1 fully saturated rings. The highest BCUT2D eigenvalue weighted by molar-refractivity contribution is 5.80. The third-order valence-electron chi connectivity index (χ3n) is 2.44. The van der Waals surface area contributed by atoms with Crippen LogP contribution < -0.4 is 11.1 Å². The van der Waals surface area contributed by atoms with Gasteiger partial charge in [0.1, 0.15) is 6.10 Å². The molecule has 2 atom stereocenters. The molecule has 0 spiro atoms. The van der Waals surface area contributed by atoms with Crippen molar-refractivity contribution < 1.29 is 19.4 Å². The van der Waals surface area contributed by atoms with E-state index in [-0.39, 0.29) is 24.7 Å². The molecule has 0 aromatic heterocycles. The topological polar surface area (TPSA) is 93.8 Å². The van der Waals surface area contributed by atoms with Crippen LogP contribution in [0.5, 0.6) is 0 Å². The van der Waals surface area contributed by atoms with E-state index in [9.17, 15) is 4.79 Å². The summed E-state index contributed by atoms with van der Waals surface area (Å²) in [6.45, 7) is 1.59. The lowest BCUT2D eigenvalue weighted by Gasteiger charge is -2.12. The zero-order chi connectivity index (χ0) is 11.8. The zero-order valence-corrected chi connectivity index (χ0v) is 9.35. The summed E-state index contributed by atoms with van der Waals surface area (Å²) in [7, 11) is 0. The van der Waals surface area contributed by atoms with Gasteiger partial charge in [0.05, 0.1) is 25.9 Å². The second-order valence-corrected chi connectivity index (χ2v) is 3.69. The molecule has 6 heteroatoms. The minimum absolute atomic E-state index is 0.00212. The number of aliphatic hydroxyl groups is 1. The van der Waals surface area contributed by atoms with Crippen LogP contribution in [0.2, 0.25) is 0 Å². The largest absolute Gasteiger partial charge is 0.394 e. The number of aliphatic hydroxyl groups excluding tert-OH is 1. The van der Waals surface area contributed by atoms with Crippen LogP contribution in [0.4, 0.5) is 0 Å². The molecule has 94 valence electrons. The van der Waals surface area contributed by atoms with E-state index >= 15 is 0 Å². The summed E-state index contributed by atoms with van der Waals surface area (Å²) in [5.41, 5.74) is 5.45. The van der Waals surface area contributed by atoms with Crippen molar-refractivity contribution in [2.75, 3.05) is 32.9 Å². The molecule has 1 heterocycles. The fraction of sp³-hybridized carbons (Fsp3) is 0.900. The Kier molecular flexibility index (Phi) is 6.32. The Morgan fingerprint density at radius 2 is 2.31 bits per heavy atom. The van der Waals surface area contributed by atoms with Crippen molar-refractivity contribution in [3.05, 3.63) is 0 Å². The summed E-state index contributed by atoms with van der Waals surface area (Å²) < 4.78 is 10.4. The average Bonchev–Trinajstić information content (AvgIpc) is 2.77. The van der Waals surface area contributed by atoms with Crippen molar-refractivity contribution in [1.29, 1.82) is 0 Å². The lowest BCUT2D eigenvalue weighted by atomic mass is 10.2. The number of nitrogens with one attached hydrogen (secondary N) is 1. The van der Waals surface area contributed by atoms with Gasteiger partial charge < -0.3 is 25.6 Å². The molecule has 1 rings (SSSR count). The maximum absolute atomic E-state index is 11.6. The van der Waals surface area contributed by atoms with Crippen molar-refractivity contribution in [1.82, 2.24) is 5.32 Å². The van der Waals surface area contributed by atoms with Crippen LogP contribution in [-0.4, -0.2) is 56.1 Å². The normalized spacial score (nSPS) is 24.6. The van der Waals surface area contributed by atoms with Gasteiger partial charge >= 0.3 is 0 Å². The predicted molar refractivity (Wildman–Crippen MR) is 57.9 cm³/mol. The summed E-state index contributed by atoms with van der Waals surface area (Å²) in [4.78, 5) is 11.6. The van der Waals surface area contributed by atoms with E-state index in [2.05, 4.69) is 5.32 Å². The Morgan fingerprint density at radius 3 is 2.94 bits per heavy atom. The van der Waals surface area contributed by atoms with Crippen molar-refractivity contribution in [2.45, 2.75) is 25.0 Å². The molecule has 1 saturated heterocycles. The molecule has 1 aliphatic rings. The van der Waals surface area contributed by atoms with E-state index in [1.807, 2.05) is 0 Å². The molecule has 0 bridgehead atoms. The lowest BCUT2D eigenvalue weighted by molar-refractivity contribution is -0.132. The van der Waals surface area contributed by atoms with Crippen LogP contribution in [0.1, 0.15) is 12.8 Å². The number of hydrogen-bond acceptors (Lipinski definition) is 5. The van der Waals surface area contributed by atoms with E-state index < -0.39 is 0 Å². The van der Waals surface area contributed by atoms with Crippen LogP contribution in [-0.2, 0) is 14.3 Å². The number of hydrogen-bond donors (Lipinski definition) is 3. The van der Waals surface area contributed by atoms with Gasteiger partial charge in [-0.15, -0.1) is 0 Å². The van der Waals surface area contributed by atoms with Gasteiger partial charge in [-0.1, -0.05) is 0 Å². The van der Waals surface area contributed by atoms with Crippen LogP contribution in [0.25, 0.3) is 0 Å². The Balaban J connectivity index is 2.06. The summed E-state index contributed by atoms with van der Waals surface area (Å²) in [5, 5.41) is 11.2. The second-order valence-electron chi connectivity index (χ2n) is 3.69. The summed E-state index contributed by atoms with van der Waals surface area (Å²) in [6.07, 6.45) is 1.22. The molecule has 4 N–H and O–H groups in total. The van der Waals surface area contributed by atoms with Crippen molar-refractivity contribution >= 4 is 5.91 Å². The van der Waals surface area contributed by atoms with Gasteiger partial charge in [-0.25, -0.2) is 0 Å². The molecule has 1 aliphatic heterocycles. The first-order valence-corrected chi connectivity index (χ1v) is 5.59. The lowest BCUT2D eigenvalue weighted by Crippen LogP contribution is -2.37. The average molecular weight is 232 g/mol. The molecule has 0 radical (unpaired) electrons. The Labute approximate surface area is 95.1 Å². The maximum atomic E-state index is 11.6. The number of amides is 1. The summed E-state index contributed by atoms with van der Waals surface area (Å²) in [5.74, 6) is -0.108. The van der Waals surface area contributed by atoms with Gasteiger partial charge in [0, 0.05) is 13.1 Å². The minimum atomic E-state index is -0.369. The van der Waals surface area contributed by atoms with Crippen molar-refractivity contribution in [3.63, 3.8) is 0 Å². The second kappa shape index (κ2) is 7.56. The molecule has 0 saturated carbocycles. The number of carbonyl (C=O) groups is 1. The van der Waals surface area contributed by atoms with Crippen LogP contribution >= 0.6 is 0 Å². The molecule has 0 aromatic rings. The van der Waals surface area contributed by atoms with E-state index in [1.165, 1.54) is 0 Å². The third-order valence-corrected chi connectivity index (χ3v) is 2.44. The Morgan fingerprint density at radius 1 is 1.50 bits per heavy atom. The molecule has 16 heavy (non-hydrogen) atoms.